The highest BCUT2D eigenvalue weighted by molar-refractivity contribution is 9.10. The summed E-state index contributed by atoms with van der Waals surface area (Å²) < 4.78 is 0.853. The van der Waals surface area contributed by atoms with Crippen LogP contribution in [0, 0.1) is 0 Å². The molecule has 4 nitrogen and oxygen atoms in total. The van der Waals surface area contributed by atoms with Gasteiger partial charge in [0, 0.05) is 0 Å². The van der Waals surface area contributed by atoms with Gasteiger partial charge in [-0.1, -0.05) is 0 Å². The molecule has 2 rings (SSSR count). The smallest absolute Gasteiger partial charge is 0.153 e. The zero-order valence-corrected chi connectivity index (χ0v) is 13.8. The fourth-order valence-electron chi connectivity index (χ4n) is 1.98. The van der Waals surface area contributed by atoms with E-state index in [0.717, 1.165) is 11.1 Å². The lowest BCUT2D eigenvalue weighted by Gasteiger charge is -2.09. The van der Waals surface area contributed by atoms with Gasteiger partial charge in [-0.05, 0) is 73.7 Å². The molecule has 21 heavy (non-hydrogen) atoms. The number of halogens is 2. The molecule has 2 N–H and O–H groups in total. The molecule has 0 radical (unpaired) electrons. The summed E-state index contributed by atoms with van der Waals surface area (Å²) in [5, 5.41) is 19.4. The van der Waals surface area contributed by atoms with Crippen LogP contribution in [-0.2, 0) is 6.42 Å². The second kappa shape index (κ2) is 6.41. The predicted molar refractivity (Wildman–Crippen MR) is 85.2 cm³/mol. The minimum atomic E-state index is -0.103. The van der Waals surface area contributed by atoms with Gasteiger partial charge < -0.3 is 10.2 Å². The van der Waals surface area contributed by atoms with Crippen molar-refractivity contribution in [3.05, 3.63) is 55.5 Å². The maximum absolute atomic E-state index is 10.9. The Morgan fingerprint density at radius 2 is 1.19 bits per heavy atom. The first kappa shape index (κ1) is 15.7. The Morgan fingerprint density at radius 3 is 1.52 bits per heavy atom. The number of phenolic OH excluding ortho intramolecular Hbond substituents is 2. The summed E-state index contributed by atoms with van der Waals surface area (Å²) >= 11 is 6.38. The van der Waals surface area contributed by atoms with E-state index in [9.17, 15) is 19.8 Å². The van der Waals surface area contributed by atoms with Crippen molar-refractivity contribution >= 4 is 44.4 Å². The van der Waals surface area contributed by atoms with E-state index in [0.29, 0.717) is 27.9 Å². The zero-order chi connectivity index (χ0) is 15.6. The predicted octanol–water partition coefficient (Wildman–Crippen LogP) is 3.84. The first-order valence-corrected chi connectivity index (χ1v) is 7.48. The third kappa shape index (κ3) is 3.33. The number of carbonyl (C=O) groups excluding carboxylic acids is 2. The Hall–Kier alpha value is -1.66. The molecule has 0 aliphatic heterocycles. The standard InChI is InChI=1S/C15H10Br2O4/c16-12-4-8(2-10(6-18)14(12)20)1-9-3-11(7-19)15(21)13(17)5-9/h2-7,20-21H,1H2. The molecule has 0 amide bonds. The molecule has 0 aromatic heterocycles. The molecule has 0 saturated heterocycles. The highest BCUT2D eigenvalue weighted by Gasteiger charge is 2.11. The Labute approximate surface area is 137 Å². The molecular formula is C15H10Br2O4. The van der Waals surface area contributed by atoms with Crippen molar-refractivity contribution in [2.24, 2.45) is 0 Å². The Kier molecular flexibility index (Phi) is 4.80. The SMILES string of the molecule is O=Cc1cc(Cc2cc(Br)c(O)c(C=O)c2)cc(Br)c1O. The minimum Gasteiger partial charge on any atom is -0.506 e. The summed E-state index contributed by atoms with van der Waals surface area (Å²) in [6.07, 6.45) is 1.60. The van der Waals surface area contributed by atoms with Crippen molar-refractivity contribution < 1.29 is 19.8 Å². The zero-order valence-electron chi connectivity index (χ0n) is 10.6. The van der Waals surface area contributed by atoms with Crippen LogP contribution < -0.4 is 0 Å². The molecule has 0 bridgehead atoms. The second-order valence-electron chi connectivity index (χ2n) is 4.44. The van der Waals surface area contributed by atoms with E-state index < -0.39 is 0 Å². The highest BCUT2D eigenvalue weighted by atomic mass is 79.9. The lowest BCUT2D eigenvalue weighted by molar-refractivity contribution is 0.111. The number of carbonyl (C=O) groups is 2. The maximum atomic E-state index is 10.9. The lowest BCUT2D eigenvalue weighted by Crippen LogP contribution is -1.94. The number of aldehydes is 2. The van der Waals surface area contributed by atoms with Crippen LogP contribution in [0.15, 0.2) is 33.2 Å². The fraction of sp³-hybridized carbons (Fsp3) is 0.0667. The molecule has 0 aliphatic rings. The van der Waals surface area contributed by atoms with Gasteiger partial charge in [0.2, 0.25) is 0 Å². The molecule has 0 aliphatic carbocycles. The van der Waals surface area contributed by atoms with E-state index in [1.807, 2.05) is 0 Å². The van der Waals surface area contributed by atoms with Crippen molar-refractivity contribution in [2.75, 3.05) is 0 Å². The summed E-state index contributed by atoms with van der Waals surface area (Å²) in [5.74, 6) is -0.205. The molecule has 0 saturated carbocycles. The molecule has 0 fully saturated rings. The molecule has 0 unspecified atom stereocenters. The van der Waals surface area contributed by atoms with Crippen LogP contribution in [0.4, 0.5) is 0 Å². The van der Waals surface area contributed by atoms with Gasteiger partial charge >= 0.3 is 0 Å². The maximum Gasteiger partial charge on any atom is 0.153 e. The van der Waals surface area contributed by atoms with Gasteiger partial charge in [0.1, 0.15) is 11.5 Å². The molecule has 2 aromatic carbocycles. The summed E-state index contributed by atoms with van der Waals surface area (Å²) in [4.78, 5) is 21.8. The summed E-state index contributed by atoms with van der Waals surface area (Å²) in [6.45, 7) is 0. The third-order valence-corrected chi connectivity index (χ3v) is 4.18. The molecule has 0 atom stereocenters. The largest absolute Gasteiger partial charge is 0.506 e. The lowest BCUT2D eigenvalue weighted by atomic mass is 10.0. The van der Waals surface area contributed by atoms with E-state index in [-0.39, 0.29) is 22.6 Å². The Morgan fingerprint density at radius 1 is 0.810 bits per heavy atom. The van der Waals surface area contributed by atoms with Crippen LogP contribution in [0.1, 0.15) is 31.8 Å². The first-order chi connectivity index (χ1) is 9.96. The van der Waals surface area contributed by atoms with E-state index in [2.05, 4.69) is 31.9 Å². The van der Waals surface area contributed by atoms with Gasteiger partial charge in [-0.15, -0.1) is 0 Å². The first-order valence-electron chi connectivity index (χ1n) is 5.89. The van der Waals surface area contributed by atoms with Crippen molar-refractivity contribution in [3.63, 3.8) is 0 Å². The quantitative estimate of drug-likeness (QED) is 0.746. The minimum absolute atomic E-state index is 0.103. The number of rotatable bonds is 4. The van der Waals surface area contributed by atoms with E-state index >= 15 is 0 Å². The molecule has 108 valence electrons. The van der Waals surface area contributed by atoms with Crippen molar-refractivity contribution in [1.29, 1.82) is 0 Å². The molecule has 6 heteroatoms. The topological polar surface area (TPSA) is 74.6 Å². The third-order valence-electron chi connectivity index (χ3n) is 2.97. The monoisotopic (exact) mass is 412 g/mol. The normalized spacial score (nSPS) is 10.4. The molecule has 0 heterocycles. The molecular weight excluding hydrogens is 404 g/mol. The highest BCUT2D eigenvalue weighted by Crippen LogP contribution is 2.32. The van der Waals surface area contributed by atoms with Crippen molar-refractivity contribution in [1.82, 2.24) is 0 Å². The van der Waals surface area contributed by atoms with Crippen LogP contribution in [0.25, 0.3) is 0 Å². The van der Waals surface area contributed by atoms with Crippen LogP contribution in [0.2, 0.25) is 0 Å². The molecule has 2 aromatic rings. The van der Waals surface area contributed by atoms with E-state index in [4.69, 9.17) is 0 Å². The summed E-state index contributed by atoms with van der Waals surface area (Å²) in [6, 6.07) is 6.55. The number of hydrogen-bond donors (Lipinski definition) is 2. The van der Waals surface area contributed by atoms with Gasteiger partial charge in [0.25, 0.3) is 0 Å². The summed E-state index contributed by atoms with van der Waals surface area (Å²) in [7, 11) is 0. The van der Waals surface area contributed by atoms with Crippen molar-refractivity contribution in [2.45, 2.75) is 6.42 Å². The number of phenols is 2. The van der Waals surface area contributed by atoms with Gasteiger partial charge in [-0.2, -0.15) is 0 Å². The second-order valence-corrected chi connectivity index (χ2v) is 6.15. The Balaban J connectivity index is 2.43. The van der Waals surface area contributed by atoms with Crippen LogP contribution in [0.5, 0.6) is 11.5 Å². The number of benzene rings is 2. The van der Waals surface area contributed by atoms with Gasteiger partial charge in [-0.3, -0.25) is 9.59 Å². The van der Waals surface area contributed by atoms with Crippen LogP contribution in [-0.4, -0.2) is 22.8 Å². The average molecular weight is 414 g/mol. The number of hydrogen-bond acceptors (Lipinski definition) is 4. The van der Waals surface area contributed by atoms with Crippen molar-refractivity contribution in [3.8, 4) is 11.5 Å². The summed E-state index contributed by atoms with van der Waals surface area (Å²) in [5.41, 5.74) is 1.95. The average Bonchev–Trinajstić information content (AvgIpc) is 2.46. The van der Waals surface area contributed by atoms with Crippen LogP contribution >= 0.6 is 31.9 Å². The molecule has 0 spiro atoms. The van der Waals surface area contributed by atoms with Crippen LogP contribution in [0.3, 0.4) is 0 Å². The fourth-order valence-corrected chi connectivity index (χ4v) is 3.02. The number of aromatic hydroxyl groups is 2. The van der Waals surface area contributed by atoms with E-state index in [1.54, 1.807) is 24.3 Å². The van der Waals surface area contributed by atoms with Gasteiger partial charge in [0.05, 0.1) is 20.1 Å². The van der Waals surface area contributed by atoms with Gasteiger partial charge in [-0.25, -0.2) is 0 Å². The van der Waals surface area contributed by atoms with E-state index in [1.165, 1.54) is 0 Å². The van der Waals surface area contributed by atoms with Gasteiger partial charge in [0.15, 0.2) is 12.6 Å². The Bertz CT molecular complexity index is 665.